The van der Waals surface area contributed by atoms with E-state index in [-0.39, 0.29) is 18.2 Å². The Kier molecular flexibility index (Phi) is 4.07. The molecule has 0 radical (unpaired) electrons. The minimum absolute atomic E-state index is 0.121. The highest BCUT2D eigenvalue weighted by Gasteiger charge is 2.10. The molecule has 0 atom stereocenters. The van der Waals surface area contributed by atoms with E-state index in [0.717, 1.165) is 0 Å². The van der Waals surface area contributed by atoms with E-state index in [4.69, 9.17) is 10.5 Å². The Labute approximate surface area is 116 Å². The van der Waals surface area contributed by atoms with Crippen LogP contribution in [-0.4, -0.2) is 21.8 Å². The van der Waals surface area contributed by atoms with Crippen LogP contribution in [0.3, 0.4) is 0 Å². The second-order valence-electron chi connectivity index (χ2n) is 3.49. The quantitative estimate of drug-likeness (QED) is 0.824. The Morgan fingerprint density at radius 3 is 2.79 bits per heavy atom. The van der Waals surface area contributed by atoms with E-state index in [1.807, 2.05) is 0 Å². The summed E-state index contributed by atoms with van der Waals surface area (Å²) in [5.74, 6) is -0.541. The van der Waals surface area contributed by atoms with Crippen molar-refractivity contribution in [2.24, 2.45) is 0 Å². The zero-order chi connectivity index (χ0) is 13.8. The SMILES string of the molecule is CC(=O)Oc1csc(NC(=O)Cc2csc(N)n2)n1. The first-order chi connectivity index (χ1) is 9.02. The number of esters is 1. The van der Waals surface area contributed by atoms with Gasteiger partial charge in [-0.05, 0) is 0 Å². The van der Waals surface area contributed by atoms with Crippen molar-refractivity contribution in [3.63, 3.8) is 0 Å². The van der Waals surface area contributed by atoms with Gasteiger partial charge in [0.15, 0.2) is 10.3 Å². The molecule has 0 aliphatic carbocycles. The number of nitrogens with zero attached hydrogens (tertiary/aromatic N) is 2. The molecular weight excluding hydrogens is 288 g/mol. The number of hydrogen-bond acceptors (Lipinski definition) is 8. The minimum atomic E-state index is -0.457. The molecule has 19 heavy (non-hydrogen) atoms. The van der Waals surface area contributed by atoms with Gasteiger partial charge in [-0.1, -0.05) is 0 Å². The highest BCUT2D eigenvalue weighted by molar-refractivity contribution is 7.14. The number of amides is 1. The Balaban J connectivity index is 1.91. The molecule has 0 bridgehead atoms. The van der Waals surface area contributed by atoms with E-state index in [9.17, 15) is 9.59 Å². The largest absolute Gasteiger partial charge is 0.407 e. The molecule has 1 amide bonds. The van der Waals surface area contributed by atoms with Crippen molar-refractivity contribution in [2.45, 2.75) is 13.3 Å². The topological polar surface area (TPSA) is 107 Å². The van der Waals surface area contributed by atoms with Gasteiger partial charge in [0.1, 0.15) is 0 Å². The fraction of sp³-hybridized carbons (Fsp3) is 0.200. The van der Waals surface area contributed by atoms with Crippen molar-refractivity contribution < 1.29 is 14.3 Å². The van der Waals surface area contributed by atoms with Crippen molar-refractivity contribution in [3.8, 4) is 5.88 Å². The smallest absolute Gasteiger partial charge is 0.309 e. The lowest BCUT2D eigenvalue weighted by Gasteiger charge is -1.98. The van der Waals surface area contributed by atoms with Crippen LogP contribution in [0.4, 0.5) is 10.3 Å². The number of nitrogen functional groups attached to an aromatic ring is 1. The van der Waals surface area contributed by atoms with Gasteiger partial charge in [0.05, 0.1) is 17.5 Å². The van der Waals surface area contributed by atoms with Crippen LogP contribution in [0.15, 0.2) is 10.8 Å². The fourth-order valence-corrected chi connectivity index (χ4v) is 2.43. The molecule has 0 fully saturated rings. The number of rotatable bonds is 4. The summed E-state index contributed by atoms with van der Waals surface area (Å²) < 4.78 is 4.78. The zero-order valence-corrected chi connectivity index (χ0v) is 11.5. The Bertz CT molecular complexity index is 607. The summed E-state index contributed by atoms with van der Waals surface area (Å²) in [6.07, 6.45) is 0.121. The summed E-state index contributed by atoms with van der Waals surface area (Å²) in [5.41, 5.74) is 6.08. The van der Waals surface area contributed by atoms with Crippen LogP contribution in [-0.2, 0) is 16.0 Å². The number of anilines is 2. The number of carbonyl (C=O) groups is 2. The van der Waals surface area contributed by atoms with E-state index in [2.05, 4.69) is 15.3 Å². The van der Waals surface area contributed by atoms with Gasteiger partial charge in [0, 0.05) is 12.3 Å². The van der Waals surface area contributed by atoms with Gasteiger partial charge in [-0.25, -0.2) is 4.98 Å². The normalized spacial score (nSPS) is 10.2. The van der Waals surface area contributed by atoms with E-state index in [1.165, 1.54) is 35.0 Å². The van der Waals surface area contributed by atoms with E-state index >= 15 is 0 Å². The number of nitrogens with one attached hydrogen (secondary N) is 1. The van der Waals surface area contributed by atoms with Gasteiger partial charge in [0.2, 0.25) is 11.8 Å². The van der Waals surface area contributed by atoms with Crippen LogP contribution in [0, 0.1) is 0 Å². The number of aromatic nitrogens is 2. The average molecular weight is 298 g/mol. The highest BCUT2D eigenvalue weighted by Crippen LogP contribution is 2.21. The van der Waals surface area contributed by atoms with E-state index in [1.54, 1.807) is 5.38 Å². The maximum atomic E-state index is 11.7. The van der Waals surface area contributed by atoms with E-state index < -0.39 is 5.97 Å². The first-order valence-electron chi connectivity index (χ1n) is 5.16. The molecule has 0 aliphatic heterocycles. The van der Waals surface area contributed by atoms with Crippen molar-refractivity contribution in [3.05, 3.63) is 16.5 Å². The molecule has 9 heteroatoms. The minimum Gasteiger partial charge on any atom is -0.407 e. The molecule has 2 aromatic heterocycles. The molecule has 100 valence electrons. The van der Waals surface area contributed by atoms with Gasteiger partial charge in [0.25, 0.3) is 0 Å². The van der Waals surface area contributed by atoms with Gasteiger partial charge in [-0.15, -0.1) is 22.7 Å². The summed E-state index contributed by atoms with van der Waals surface area (Å²) in [5, 5.41) is 6.65. The van der Waals surface area contributed by atoms with Crippen LogP contribution in [0.25, 0.3) is 0 Å². The zero-order valence-electron chi connectivity index (χ0n) is 9.87. The van der Waals surface area contributed by atoms with Crippen molar-refractivity contribution in [2.75, 3.05) is 11.1 Å². The molecule has 2 heterocycles. The molecule has 2 aromatic rings. The summed E-state index contributed by atoms with van der Waals surface area (Å²) in [6.45, 7) is 1.28. The molecule has 2 rings (SSSR count). The van der Waals surface area contributed by atoms with Crippen molar-refractivity contribution in [1.82, 2.24) is 9.97 Å². The monoisotopic (exact) mass is 298 g/mol. The lowest BCUT2D eigenvalue weighted by Crippen LogP contribution is -2.14. The van der Waals surface area contributed by atoms with Crippen LogP contribution >= 0.6 is 22.7 Å². The van der Waals surface area contributed by atoms with Crippen LogP contribution in [0.1, 0.15) is 12.6 Å². The van der Waals surface area contributed by atoms with Gasteiger partial charge < -0.3 is 15.8 Å². The summed E-state index contributed by atoms with van der Waals surface area (Å²) >= 11 is 2.45. The third-order valence-electron chi connectivity index (χ3n) is 1.89. The summed E-state index contributed by atoms with van der Waals surface area (Å²) in [4.78, 5) is 30.3. The molecule has 3 N–H and O–H groups in total. The molecule has 0 unspecified atom stereocenters. The molecule has 0 aromatic carbocycles. The van der Waals surface area contributed by atoms with E-state index in [0.29, 0.717) is 16.0 Å². The second-order valence-corrected chi connectivity index (χ2v) is 5.23. The lowest BCUT2D eigenvalue weighted by molar-refractivity contribution is -0.132. The maximum absolute atomic E-state index is 11.7. The predicted molar refractivity (Wildman–Crippen MR) is 72.3 cm³/mol. The first kappa shape index (κ1) is 13.4. The van der Waals surface area contributed by atoms with Crippen molar-refractivity contribution >= 4 is 44.8 Å². The molecule has 0 spiro atoms. The molecule has 0 saturated carbocycles. The summed E-state index contributed by atoms with van der Waals surface area (Å²) in [6, 6.07) is 0. The average Bonchev–Trinajstić information content (AvgIpc) is 2.88. The number of thiazole rings is 2. The Morgan fingerprint density at radius 2 is 2.16 bits per heavy atom. The summed E-state index contributed by atoms with van der Waals surface area (Å²) in [7, 11) is 0. The van der Waals surface area contributed by atoms with Gasteiger partial charge >= 0.3 is 5.97 Å². The molecule has 7 nitrogen and oxygen atoms in total. The highest BCUT2D eigenvalue weighted by atomic mass is 32.1. The molecule has 0 aliphatic rings. The van der Waals surface area contributed by atoms with Gasteiger partial charge in [-0.3, -0.25) is 9.59 Å². The number of nitrogens with two attached hydrogens (primary N) is 1. The maximum Gasteiger partial charge on any atom is 0.309 e. The first-order valence-corrected chi connectivity index (χ1v) is 6.92. The van der Waals surface area contributed by atoms with Crippen molar-refractivity contribution in [1.29, 1.82) is 0 Å². The second kappa shape index (κ2) is 5.76. The standard InChI is InChI=1S/C10H10N4O3S2/c1-5(15)17-8-4-19-10(14-8)13-7(16)2-6-3-18-9(11)12-6/h3-4H,2H2,1H3,(H2,11,12)(H,13,14,16). The molecule has 0 saturated heterocycles. The fourth-order valence-electron chi connectivity index (χ4n) is 1.24. The van der Waals surface area contributed by atoms with Gasteiger partial charge in [-0.2, -0.15) is 4.98 Å². The van der Waals surface area contributed by atoms with Crippen LogP contribution in [0.5, 0.6) is 5.88 Å². The Hall–Kier alpha value is -2.00. The van der Waals surface area contributed by atoms with Crippen LogP contribution in [0.2, 0.25) is 0 Å². The molecular formula is C10H10N4O3S2. The number of hydrogen-bond donors (Lipinski definition) is 2. The third-order valence-corrected chi connectivity index (χ3v) is 3.35. The number of ether oxygens (including phenoxy) is 1. The predicted octanol–water partition coefficient (Wildman–Crippen LogP) is 1.29. The third kappa shape index (κ3) is 4.00. The van der Waals surface area contributed by atoms with Crippen LogP contribution < -0.4 is 15.8 Å². The number of carbonyl (C=O) groups excluding carboxylic acids is 2. The Morgan fingerprint density at radius 1 is 1.37 bits per heavy atom. The lowest BCUT2D eigenvalue weighted by atomic mass is 10.3.